The lowest BCUT2D eigenvalue weighted by molar-refractivity contribution is -0.139. The molecule has 7 nitrogen and oxygen atoms in total. The molecule has 0 saturated carbocycles. The van der Waals surface area contributed by atoms with E-state index in [-0.39, 0.29) is 12.4 Å². The highest BCUT2D eigenvalue weighted by atomic mass is 16.5. The van der Waals surface area contributed by atoms with Crippen LogP contribution in [0.1, 0.15) is 25.5 Å². The van der Waals surface area contributed by atoms with Gasteiger partial charge < -0.3 is 25.2 Å². The van der Waals surface area contributed by atoms with E-state index in [1.165, 1.54) is 13.2 Å². The van der Waals surface area contributed by atoms with Gasteiger partial charge in [-0.2, -0.15) is 0 Å². The minimum Gasteiger partial charge on any atom is -0.504 e. The van der Waals surface area contributed by atoms with Crippen molar-refractivity contribution in [1.29, 1.82) is 0 Å². The normalized spacial score (nSPS) is 17.6. The van der Waals surface area contributed by atoms with E-state index in [0.717, 1.165) is 0 Å². The van der Waals surface area contributed by atoms with Crippen LogP contribution in [0.4, 0.5) is 4.79 Å². The zero-order chi connectivity index (χ0) is 16.3. The Bertz CT molecular complexity index is 639. The summed E-state index contributed by atoms with van der Waals surface area (Å²) in [4.78, 5) is 23.8. The van der Waals surface area contributed by atoms with E-state index in [1.807, 2.05) is 0 Å². The van der Waals surface area contributed by atoms with Crippen molar-refractivity contribution in [2.45, 2.75) is 19.9 Å². The van der Waals surface area contributed by atoms with Gasteiger partial charge in [0.05, 0.1) is 25.3 Å². The third-order valence-electron chi connectivity index (χ3n) is 3.30. The Morgan fingerprint density at radius 3 is 2.73 bits per heavy atom. The second kappa shape index (κ2) is 6.38. The minimum atomic E-state index is -0.704. The molecule has 0 radical (unpaired) electrons. The zero-order valence-electron chi connectivity index (χ0n) is 12.6. The predicted octanol–water partition coefficient (Wildman–Crippen LogP) is 1.59. The number of methoxy groups -OCH3 is 1. The quantitative estimate of drug-likeness (QED) is 0.734. The highest BCUT2D eigenvalue weighted by Gasteiger charge is 2.32. The van der Waals surface area contributed by atoms with Gasteiger partial charge in [-0.05, 0) is 31.5 Å². The van der Waals surface area contributed by atoms with Gasteiger partial charge in [0.2, 0.25) is 0 Å². The Balaban J connectivity index is 2.45. The van der Waals surface area contributed by atoms with E-state index in [4.69, 9.17) is 9.47 Å². The number of rotatable bonds is 4. The number of nitrogens with one attached hydrogen (secondary N) is 2. The van der Waals surface area contributed by atoms with Crippen LogP contribution >= 0.6 is 0 Å². The first kappa shape index (κ1) is 15.7. The van der Waals surface area contributed by atoms with Gasteiger partial charge in [-0.3, -0.25) is 0 Å². The van der Waals surface area contributed by atoms with Crippen LogP contribution in [0.25, 0.3) is 0 Å². The van der Waals surface area contributed by atoms with Gasteiger partial charge >= 0.3 is 12.0 Å². The molecule has 2 amide bonds. The van der Waals surface area contributed by atoms with Gasteiger partial charge in [0, 0.05) is 5.70 Å². The summed E-state index contributed by atoms with van der Waals surface area (Å²) in [6, 6.07) is 3.55. The molecule has 1 aromatic carbocycles. The van der Waals surface area contributed by atoms with Crippen LogP contribution in [-0.2, 0) is 9.53 Å². The van der Waals surface area contributed by atoms with E-state index < -0.39 is 18.0 Å². The lowest BCUT2D eigenvalue weighted by atomic mass is 9.95. The van der Waals surface area contributed by atoms with Crippen LogP contribution in [0, 0.1) is 0 Å². The molecule has 1 aromatic rings. The first-order chi connectivity index (χ1) is 10.5. The number of carbonyl (C=O) groups is 2. The fraction of sp³-hybridized carbons (Fsp3) is 0.333. The van der Waals surface area contributed by atoms with Gasteiger partial charge in [-0.1, -0.05) is 6.07 Å². The average Bonchev–Trinajstić information content (AvgIpc) is 2.46. The molecule has 1 aliphatic rings. The second-order valence-corrected chi connectivity index (χ2v) is 4.72. The summed E-state index contributed by atoms with van der Waals surface area (Å²) in [6.45, 7) is 3.56. The van der Waals surface area contributed by atoms with Crippen molar-refractivity contribution in [3.63, 3.8) is 0 Å². The van der Waals surface area contributed by atoms with E-state index in [1.54, 1.807) is 26.0 Å². The Morgan fingerprint density at radius 1 is 1.41 bits per heavy atom. The van der Waals surface area contributed by atoms with Gasteiger partial charge in [0.15, 0.2) is 11.5 Å². The summed E-state index contributed by atoms with van der Waals surface area (Å²) in [5.41, 5.74) is 1.27. The molecular weight excluding hydrogens is 288 g/mol. The number of phenolic OH excluding ortho intramolecular Hbond substituents is 1. The Morgan fingerprint density at radius 2 is 2.14 bits per heavy atom. The van der Waals surface area contributed by atoms with Gasteiger partial charge in [0.1, 0.15) is 0 Å². The minimum absolute atomic E-state index is 0.0753. The molecule has 1 atom stereocenters. The highest BCUT2D eigenvalue weighted by molar-refractivity contribution is 5.95. The van der Waals surface area contributed by atoms with Crippen molar-refractivity contribution in [3.05, 3.63) is 35.0 Å². The van der Waals surface area contributed by atoms with Crippen molar-refractivity contribution >= 4 is 12.0 Å². The number of allylic oxidation sites excluding steroid dienone is 1. The van der Waals surface area contributed by atoms with Crippen LogP contribution in [-0.4, -0.2) is 30.8 Å². The van der Waals surface area contributed by atoms with Crippen molar-refractivity contribution in [1.82, 2.24) is 10.6 Å². The molecule has 0 spiro atoms. The van der Waals surface area contributed by atoms with E-state index >= 15 is 0 Å². The standard InChI is InChI=1S/C15H18N2O5/c1-4-22-14(19)12-8(2)16-15(20)17-13(12)9-5-6-11(21-3)10(18)7-9/h5-7,13,18H,4H2,1-3H3,(H2,16,17,20)/t13-/m1/s1. The molecule has 0 bridgehead atoms. The molecule has 0 unspecified atom stereocenters. The SMILES string of the molecule is CCOC(=O)C1=C(C)NC(=O)N[C@@H]1c1ccc(OC)c(O)c1. The second-order valence-electron chi connectivity index (χ2n) is 4.72. The Kier molecular flexibility index (Phi) is 4.55. The van der Waals surface area contributed by atoms with Crippen LogP contribution in [0.3, 0.4) is 0 Å². The Hall–Kier alpha value is -2.70. The molecule has 7 heteroatoms. The van der Waals surface area contributed by atoms with Crippen LogP contribution in [0.5, 0.6) is 11.5 Å². The molecule has 1 aliphatic heterocycles. The third kappa shape index (κ3) is 2.98. The third-order valence-corrected chi connectivity index (χ3v) is 3.30. The fourth-order valence-corrected chi connectivity index (χ4v) is 2.31. The zero-order valence-corrected chi connectivity index (χ0v) is 12.6. The number of amides is 2. The lowest BCUT2D eigenvalue weighted by Gasteiger charge is -2.28. The van der Waals surface area contributed by atoms with E-state index in [0.29, 0.717) is 22.6 Å². The summed E-state index contributed by atoms with van der Waals surface area (Å²) in [5.74, 6) is -0.288. The van der Waals surface area contributed by atoms with E-state index in [9.17, 15) is 14.7 Å². The molecule has 0 aliphatic carbocycles. The number of esters is 1. The maximum atomic E-state index is 12.1. The molecule has 118 valence electrons. The number of hydrogen-bond acceptors (Lipinski definition) is 5. The number of hydrogen-bond donors (Lipinski definition) is 3. The first-order valence-electron chi connectivity index (χ1n) is 6.80. The van der Waals surface area contributed by atoms with Crippen LogP contribution < -0.4 is 15.4 Å². The van der Waals surface area contributed by atoms with Crippen molar-refractivity contribution in [2.24, 2.45) is 0 Å². The molecule has 1 heterocycles. The summed E-state index contributed by atoms with van der Waals surface area (Å²) >= 11 is 0. The summed E-state index contributed by atoms with van der Waals surface area (Å²) in [7, 11) is 1.44. The number of aromatic hydroxyl groups is 1. The van der Waals surface area contributed by atoms with Crippen molar-refractivity contribution < 1.29 is 24.2 Å². The van der Waals surface area contributed by atoms with Gasteiger partial charge in [0.25, 0.3) is 0 Å². The Labute approximate surface area is 127 Å². The summed E-state index contributed by atoms with van der Waals surface area (Å²) < 4.78 is 10.0. The fourth-order valence-electron chi connectivity index (χ4n) is 2.31. The van der Waals surface area contributed by atoms with Gasteiger partial charge in [-0.25, -0.2) is 9.59 Å². The number of carbonyl (C=O) groups excluding carboxylic acids is 2. The number of ether oxygens (including phenoxy) is 2. The topological polar surface area (TPSA) is 96.9 Å². The lowest BCUT2D eigenvalue weighted by Crippen LogP contribution is -2.45. The molecule has 0 fully saturated rings. The molecule has 2 rings (SSSR count). The highest BCUT2D eigenvalue weighted by Crippen LogP contribution is 2.33. The van der Waals surface area contributed by atoms with Crippen molar-refractivity contribution in [3.8, 4) is 11.5 Å². The van der Waals surface area contributed by atoms with Crippen LogP contribution in [0.15, 0.2) is 29.5 Å². The largest absolute Gasteiger partial charge is 0.504 e. The number of phenols is 1. The maximum Gasteiger partial charge on any atom is 0.338 e. The summed E-state index contributed by atoms with van der Waals surface area (Å²) in [6.07, 6.45) is 0. The smallest absolute Gasteiger partial charge is 0.338 e. The number of benzene rings is 1. The molecule has 0 aromatic heterocycles. The van der Waals surface area contributed by atoms with Gasteiger partial charge in [-0.15, -0.1) is 0 Å². The van der Waals surface area contributed by atoms with E-state index in [2.05, 4.69) is 10.6 Å². The maximum absolute atomic E-state index is 12.1. The molecule has 0 saturated heterocycles. The molecular formula is C15H18N2O5. The molecule has 22 heavy (non-hydrogen) atoms. The van der Waals surface area contributed by atoms with Crippen molar-refractivity contribution in [2.75, 3.05) is 13.7 Å². The average molecular weight is 306 g/mol. The number of urea groups is 1. The first-order valence-corrected chi connectivity index (χ1v) is 6.80. The predicted molar refractivity (Wildman–Crippen MR) is 78.4 cm³/mol. The van der Waals surface area contributed by atoms with Crippen LogP contribution in [0.2, 0.25) is 0 Å². The summed E-state index contributed by atoms with van der Waals surface area (Å²) in [5, 5.41) is 15.1. The molecule has 3 N–H and O–H groups in total. The monoisotopic (exact) mass is 306 g/mol.